The summed E-state index contributed by atoms with van der Waals surface area (Å²) < 4.78 is 19.5. The van der Waals surface area contributed by atoms with Crippen LogP contribution in [0, 0.1) is 5.82 Å². The van der Waals surface area contributed by atoms with Gasteiger partial charge in [0.05, 0.1) is 18.4 Å². The predicted octanol–water partition coefficient (Wildman–Crippen LogP) is 4.23. The average molecular weight is 388 g/mol. The fraction of sp³-hybridized carbons (Fsp3) is 0.0435. The van der Waals surface area contributed by atoms with Crippen molar-refractivity contribution in [3.8, 4) is 5.75 Å². The van der Waals surface area contributed by atoms with E-state index in [0.717, 1.165) is 4.90 Å². The average Bonchev–Trinajstić information content (AvgIpc) is 2.99. The van der Waals surface area contributed by atoms with Crippen LogP contribution >= 0.6 is 0 Å². The number of benzene rings is 3. The van der Waals surface area contributed by atoms with Gasteiger partial charge in [-0.3, -0.25) is 9.59 Å². The predicted molar refractivity (Wildman–Crippen MR) is 109 cm³/mol. The van der Waals surface area contributed by atoms with Gasteiger partial charge >= 0.3 is 0 Å². The highest BCUT2D eigenvalue weighted by molar-refractivity contribution is 6.46. The van der Waals surface area contributed by atoms with Crippen LogP contribution in [0.4, 0.5) is 15.8 Å². The molecule has 0 radical (unpaired) electrons. The second-order valence-electron chi connectivity index (χ2n) is 6.37. The van der Waals surface area contributed by atoms with Crippen molar-refractivity contribution >= 4 is 28.8 Å². The molecule has 1 aliphatic rings. The molecule has 1 aliphatic heterocycles. The zero-order chi connectivity index (χ0) is 20.4. The van der Waals surface area contributed by atoms with Gasteiger partial charge < -0.3 is 10.1 Å². The Morgan fingerprint density at radius 1 is 0.828 bits per heavy atom. The molecular formula is C23H17FN2O3. The largest absolute Gasteiger partial charge is 0.497 e. The van der Waals surface area contributed by atoms with Crippen LogP contribution in [0.5, 0.6) is 5.75 Å². The Morgan fingerprint density at radius 3 is 2.14 bits per heavy atom. The Kier molecular flexibility index (Phi) is 4.83. The summed E-state index contributed by atoms with van der Waals surface area (Å²) in [7, 11) is 1.54. The van der Waals surface area contributed by atoms with Crippen molar-refractivity contribution in [3.05, 3.63) is 95.9 Å². The van der Waals surface area contributed by atoms with Gasteiger partial charge in [-0.05, 0) is 42.0 Å². The number of carbonyl (C=O) groups is 2. The SMILES string of the molecule is COc1ccc(C2=C(Nc3ccccc3)C(=O)N(c3ccccc3F)C2=O)cc1. The second kappa shape index (κ2) is 7.59. The van der Waals surface area contributed by atoms with Crippen molar-refractivity contribution in [1.29, 1.82) is 0 Å². The van der Waals surface area contributed by atoms with Crippen LogP contribution in [0.2, 0.25) is 0 Å². The number of methoxy groups -OCH3 is 1. The molecule has 144 valence electrons. The van der Waals surface area contributed by atoms with E-state index in [9.17, 15) is 14.0 Å². The van der Waals surface area contributed by atoms with Gasteiger partial charge in [0.1, 0.15) is 17.3 Å². The van der Waals surface area contributed by atoms with E-state index in [0.29, 0.717) is 17.0 Å². The van der Waals surface area contributed by atoms with Crippen molar-refractivity contribution < 1.29 is 18.7 Å². The Hall–Kier alpha value is -3.93. The Bertz CT molecular complexity index is 1110. The number of amides is 2. The van der Waals surface area contributed by atoms with Gasteiger partial charge in [0.25, 0.3) is 11.8 Å². The van der Waals surface area contributed by atoms with Gasteiger partial charge in [-0.25, -0.2) is 9.29 Å². The topological polar surface area (TPSA) is 58.6 Å². The van der Waals surface area contributed by atoms with Gasteiger partial charge in [-0.1, -0.05) is 42.5 Å². The molecule has 0 fully saturated rings. The van der Waals surface area contributed by atoms with Gasteiger partial charge in [0.2, 0.25) is 0 Å². The number of nitrogens with one attached hydrogen (secondary N) is 1. The van der Waals surface area contributed by atoms with Crippen LogP contribution in [0.25, 0.3) is 5.57 Å². The minimum absolute atomic E-state index is 0.0848. The van der Waals surface area contributed by atoms with Crippen LogP contribution in [0.3, 0.4) is 0 Å². The molecule has 0 atom stereocenters. The lowest BCUT2D eigenvalue weighted by atomic mass is 10.0. The van der Waals surface area contributed by atoms with Crippen molar-refractivity contribution in [2.45, 2.75) is 0 Å². The van der Waals surface area contributed by atoms with Crippen molar-refractivity contribution in [3.63, 3.8) is 0 Å². The normalized spacial score (nSPS) is 13.8. The highest BCUT2D eigenvalue weighted by Crippen LogP contribution is 2.35. The summed E-state index contributed by atoms with van der Waals surface area (Å²) in [4.78, 5) is 27.3. The molecule has 3 aromatic rings. The third-order valence-corrected chi connectivity index (χ3v) is 4.60. The molecule has 29 heavy (non-hydrogen) atoms. The van der Waals surface area contributed by atoms with E-state index in [2.05, 4.69) is 5.32 Å². The lowest BCUT2D eigenvalue weighted by molar-refractivity contribution is -0.120. The highest BCUT2D eigenvalue weighted by atomic mass is 19.1. The van der Waals surface area contributed by atoms with E-state index < -0.39 is 17.6 Å². The first-order valence-electron chi connectivity index (χ1n) is 8.94. The first-order chi connectivity index (χ1) is 14.1. The number of halogens is 1. The quantitative estimate of drug-likeness (QED) is 0.665. The fourth-order valence-electron chi connectivity index (χ4n) is 3.19. The number of imide groups is 1. The van der Waals surface area contributed by atoms with Crippen LogP contribution in [-0.2, 0) is 9.59 Å². The van der Waals surface area contributed by atoms with E-state index in [1.54, 1.807) is 49.6 Å². The number of anilines is 2. The molecule has 0 unspecified atom stereocenters. The molecule has 0 aromatic heterocycles. The van der Waals surface area contributed by atoms with Crippen LogP contribution in [0.15, 0.2) is 84.6 Å². The standard InChI is InChI=1S/C23H17FN2O3/c1-29-17-13-11-15(12-14-17)20-21(25-16-7-3-2-4-8-16)23(28)26(22(20)27)19-10-6-5-9-18(19)24/h2-14,25H,1H3. The zero-order valence-corrected chi connectivity index (χ0v) is 15.6. The molecule has 4 rings (SSSR count). The summed E-state index contributed by atoms with van der Waals surface area (Å²) in [6, 6.07) is 21.5. The molecule has 0 aliphatic carbocycles. The zero-order valence-electron chi connectivity index (χ0n) is 15.6. The summed E-state index contributed by atoms with van der Waals surface area (Å²) in [6.07, 6.45) is 0. The molecule has 0 saturated carbocycles. The number of para-hydroxylation sites is 2. The molecule has 5 nitrogen and oxygen atoms in total. The van der Waals surface area contributed by atoms with Gasteiger partial charge in [-0.15, -0.1) is 0 Å². The minimum Gasteiger partial charge on any atom is -0.497 e. The third-order valence-electron chi connectivity index (χ3n) is 4.60. The summed E-state index contributed by atoms with van der Waals surface area (Å²) in [5.74, 6) is -1.24. The Morgan fingerprint density at radius 2 is 1.48 bits per heavy atom. The number of ether oxygens (including phenoxy) is 1. The molecule has 1 N–H and O–H groups in total. The fourth-order valence-corrected chi connectivity index (χ4v) is 3.19. The maximum Gasteiger partial charge on any atom is 0.282 e. The molecule has 0 saturated heterocycles. The maximum atomic E-state index is 14.4. The molecule has 2 amide bonds. The third kappa shape index (κ3) is 3.36. The van der Waals surface area contributed by atoms with E-state index >= 15 is 0 Å². The monoisotopic (exact) mass is 388 g/mol. The van der Waals surface area contributed by atoms with E-state index in [1.807, 2.05) is 18.2 Å². The summed E-state index contributed by atoms with van der Waals surface area (Å²) in [6.45, 7) is 0. The molecule has 1 heterocycles. The molecule has 3 aromatic carbocycles. The number of hydrogen-bond donors (Lipinski definition) is 1. The maximum absolute atomic E-state index is 14.4. The second-order valence-corrected chi connectivity index (χ2v) is 6.37. The van der Waals surface area contributed by atoms with Crippen LogP contribution in [0.1, 0.15) is 5.56 Å². The lowest BCUT2D eigenvalue weighted by Crippen LogP contribution is -2.33. The Labute approximate surface area is 167 Å². The first kappa shape index (κ1) is 18.4. The van der Waals surface area contributed by atoms with Gasteiger partial charge in [0, 0.05) is 5.69 Å². The number of rotatable bonds is 5. The number of carbonyl (C=O) groups excluding carboxylic acids is 2. The van der Waals surface area contributed by atoms with Crippen molar-refractivity contribution in [2.75, 3.05) is 17.3 Å². The smallest absolute Gasteiger partial charge is 0.282 e. The number of nitrogens with zero attached hydrogens (tertiary/aromatic N) is 1. The van der Waals surface area contributed by atoms with E-state index in [4.69, 9.17) is 4.74 Å². The minimum atomic E-state index is -0.649. The van der Waals surface area contributed by atoms with Crippen molar-refractivity contribution in [2.24, 2.45) is 0 Å². The highest BCUT2D eigenvalue weighted by Gasteiger charge is 2.41. The molecule has 6 heteroatoms. The molecule has 0 bridgehead atoms. The molecular weight excluding hydrogens is 371 g/mol. The first-order valence-corrected chi connectivity index (χ1v) is 8.94. The summed E-state index contributed by atoms with van der Waals surface area (Å²) >= 11 is 0. The number of hydrogen-bond acceptors (Lipinski definition) is 4. The van der Waals surface area contributed by atoms with Crippen LogP contribution in [-0.4, -0.2) is 18.9 Å². The summed E-state index contributed by atoms with van der Waals surface area (Å²) in [5, 5.41) is 3.03. The van der Waals surface area contributed by atoms with E-state index in [1.165, 1.54) is 18.2 Å². The Balaban J connectivity index is 1.83. The summed E-state index contributed by atoms with van der Waals surface area (Å²) in [5.41, 5.74) is 1.35. The lowest BCUT2D eigenvalue weighted by Gasteiger charge is -2.16. The van der Waals surface area contributed by atoms with Gasteiger partial charge in [-0.2, -0.15) is 0 Å². The van der Waals surface area contributed by atoms with E-state index in [-0.39, 0.29) is 17.0 Å². The van der Waals surface area contributed by atoms with Crippen molar-refractivity contribution in [1.82, 2.24) is 0 Å². The van der Waals surface area contributed by atoms with Crippen LogP contribution < -0.4 is 15.0 Å². The molecule has 0 spiro atoms. The van der Waals surface area contributed by atoms with Gasteiger partial charge in [0.15, 0.2) is 0 Å².